The number of benzene rings is 2. The first-order chi connectivity index (χ1) is 12.5. The minimum atomic E-state index is -0.570. The van der Waals surface area contributed by atoms with Crippen molar-refractivity contribution < 1.29 is 14.3 Å². The van der Waals surface area contributed by atoms with E-state index in [1.807, 2.05) is 13.0 Å². The number of nitrogens with one attached hydrogen (secondary N) is 1. The number of hydrogen-bond acceptors (Lipinski definition) is 4. The predicted molar refractivity (Wildman–Crippen MR) is 103 cm³/mol. The molecule has 2 rings (SSSR count). The van der Waals surface area contributed by atoms with Crippen LogP contribution in [0.4, 0.5) is 5.69 Å². The predicted octanol–water partition coefficient (Wildman–Crippen LogP) is 4.95. The van der Waals surface area contributed by atoms with Crippen molar-refractivity contribution in [1.29, 1.82) is 5.26 Å². The molecule has 0 heterocycles. The normalized spacial score (nSPS) is 10.8. The molecule has 0 saturated heterocycles. The van der Waals surface area contributed by atoms with E-state index in [4.69, 9.17) is 32.7 Å². The monoisotopic (exact) mass is 390 g/mol. The van der Waals surface area contributed by atoms with Crippen LogP contribution in [0.3, 0.4) is 0 Å². The zero-order valence-electron chi connectivity index (χ0n) is 14.2. The molecule has 2 aromatic carbocycles. The van der Waals surface area contributed by atoms with E-state index in [-0.39, 0.29) is 5.57 Å². The fraction of sp³-hybridized carbons (Fsp3) is 0.158. The van der Waals surface area contributed by atoms with E-state index < -0.39 is 5.91 Å². The van der Waals surface area contributed by atoms with Gasteiger partial charge in [-0.25, -0.2) is 0 Å². The molecule has 1 amide bonds. The van der Waals surface area contributed by atoms with Crippen molar-refractivity contribution in [3.8, 4) is 17.6 Å². The number of carbonyl (C=O) groups is 1. The second kappa shape index (κ2) is 9.14. The Morgan fingerprint density at radius 2 is 2.04 bits per heavy atom. The molecule has 0 aliphatic carbocycles. The van der Waals surface area contributed by atoms with Gasteiger partial charge in [0, 0.05) is 16.8 Å². The third-order valence-electron chi connectivity index (χ3n) is 3.33. The van der Waals surface area contributed by atoms with Crippen molar-refractivity contribution in [2.75, 3.05) is 19.0 Å². The standard InChI is InChI=1S/C19H16Cl2N2O3/c1-3-26-18-8-12(16(21)10-17(18)25-2)7-13(11-22)19(24)23-15-6-4-5-14(20)9-15/h4-10H,3H2,1-2H3,(H,23,24)/b13-7+. The number of carbonyl (C=O) groups excluding carboxylic acids is 1. The molecule has 0 aliphatic heterocycles. The highest BCUT2D eigenvalue weighted by Crippen LogP contribution is 2.34. The summed E-state index contributed by atoms with van der Waals surface area (Å²) in [5, 5.41) is 12.8. The largest absolute Gasteiger partial charge is 0.493 e. The molecule has 7 heteroatoms. The second-order valence-electron chi connectivity index (χ2n) is 5.09. The summed E-state index contributed by atoms with van der Waals surface area (Å²) in [5.74, 6) is 0.369. The van der Waals surface area contributed by atoms with Crippen molar-refractivity contribution in [3.63, 3.8) is 0 Å². The molecule has 0 saturated carbocycles. The number of methoxy groups -OCH3 is 1. The number of nitrogens with zero attached hydrogens (tertiary/aromatic N) is 1. The number of ether oxygens (including phenoxy) is 2. The van der Waals surface area contributed by atoms with Crippen LogP contribution in [0.25, 0.3) is 6.08 Å². The minimum absolute atomic E-state index is 0.112. The lowest BCUT2D eigenvalue weighted by Crippen LogP contribution is -2.13. The van der Waals surface area contributed by atoms with Crippen LogP contribution >= 0.6 is 23.2 Å². The van der Waals surface area contributed by atoms with Crippen molar-refractivity contribution in [2.45, 2.75) is 6.92 Å². The van der Waals surface area contributed by atoms with Crippen molar-refractivity contribution in [1.82, 2.24) is 0 Å². The topological polar surface area (TPSA) is 71.3 Å². The smallest absolute Gasteiger partial charge is 0.266 e. The number of halogens is 2. The molecule has 0 radical (unpaired) electrons. The number of anilines is 1. The average molecular weight is 391 g/mol. The molecule has 0 bridgehead atoms. The molecular formula is C19H16Cl2N2O3. The van der Waals surface area contributed by atoms with Crippen LogP contribution in [0.5, 0.6) is 11.5 Å². The summed E-state index contributed by atoms with van der Waals surface area (Å²) in [6.45, 7) is 2.27. The Morgan fingerprint density at radius 1 is 1.27 bits per heavy atom. The van der Waals surface area contributed by atoms with Crippen LogP contribution in [0.1, 0.15) is 12.5 Å². The summed E-state index contributed by atoms with van der Waals surface area (Å²) in [6.07, 6.45) is 1.39. The van der Waals surface area contributed by atoms with Gasteiger partial charge in [-0.05, 0) is 42.8 Å². The Labute approximate surface area is 161 Å². The highest BCUT2D eigenvalue weighted by Gasteiger charge is 2.14. The van der Waals surface area contributed by atoms with Crippen molar-refractivity contribution in [2.24, 2.45) is 0 Å². The fourth-order valence-electron chi connectivity index (χ4n) is 2.16. The van der Waals surface area contributed by atoms with Crippen molar-refractivity contribution >= 4 is 40.9 Å². The SMILES string of the molecule is CCOc1cc(/C=C(\C#N)C(=O)Nc2cccc(Cl)c2)c(Cl)cc1OC. The number of nitriles is 1. The van der Waals surface area contributed by atoms with Gasteiger partial charge in [-0.2, -0.15) is 5.26 Å². The van der Waals surface area contributed by atoms with Crippen LogP contribution in [-0.4, -0.2) is 19.6 Å². The van der Waals surface area contributed by atoms with Crippen molar-refractivity contribution in [3.05, 3.63) is 57.6 Å². The van der Waals surface area contributed by atoms with E-state index in [1.54, 1.807) is 36.4 Å². The van der Waals surface area contributed by atoms with E-state index in [0.717, 1.165) is 0 Å². The molecule has 0 fully saturated rings. The summed E-state index contributed by atoms with van der Waals surface area (Å²) >= 11 is 12.1. The maximum absolute atomic E-state index is 12.4. The molecule has 0 unspecified atom stereocenters. The Balaban J connectivity index is 2.34. The summed E-state index contributed by atoms with van der Waals surface area (Å²) in [7, 11) is 1.50. The van der Waals surface area contributed by atoms with E-state index in [9.17, 15) is 10.1 Å². The van der Waals surface area contributed by atoms with E-state index in [1.165, 1.54) is 13.2 Å². The van der Waals surface area contributed by atoms with Gasteiger partial charge in [0.15, 0.2) is 11.5 Å². The van der Waals surface area contributed by atoms with Gasteiger partial charge in [0.1, 0.15) is 11.6 Å². The Morgan fingerprint density at radius 3 is 2.65 bits per heavy atom. The van der Waals surface area contributed by atoms with Gasteiger partial charge in [0.25, 0.3) is 5.91 Å². The van der Waals surface area contributed by atoms with Crippen LogP contribution in [0.15, 0.2) is 42.0 Å². The van der Waals surface area contributed by atoms with Crippen LogP contribution in [-0.2, 0) is 4.79 Å². The van der Waals surface area contributed by atoms with Gasteiger partial charge < -0.3 is 14.8 Å². The molecular weight excluding hydrogens is 375 g/mol. The highest BCUT2D eigenvalue weighted by atomic mass is 35.5. The lowest BCUT2D eigenvalue weighted by molar-refractivity contribution is -0.112. The molecule has 0 atom stereocenters. The van der Waals surface area contributed by atoms with E-state index in [0.29, 0.717) is 39.4 Å². The van der Waals surface area contributed by atoms with E-state index >= 15 is 0 Å². The molecule has 0 aromatic heterocycles. The maximum atomic E-state index is 12.4. The van der Waals surface area contributed by atoms with Gasteiger partial charge in [0.2, 0.25) is 0 Å². The molecule has 2 aromatic rings. The molecule has 1 N–H and O–H groups in total. The van der Waals surface area contributed by atoms with Gasteiger partial charge in [0.05, 0.1) is 18.7 Å². The van der Waals surface area contributed by atoms with Gasteiger partial charge in [-0.3, -0.25) is 4.79 Å². The molecule has 26 heavy (non-hydrogen) atoms. The first-order valence-electron chi connectivity index (χ1n) is 7.67. The summed E-state index contributed by atoms with van der Waals surface area (Å²) < 4.78 is 10.7. The Hall–Kier alpha value is -2.68. The van der Waals surface area contributed by atoms with Crippen LogP contribution < -0.4 is 14.8 Å². The zero-order chi connectivity index (χ0) is 19.1. The van der Waals surface area contributed by atoms with Crippen LogP contribution in [0.2, 0.25) is 10.0 Å². The minimum Gasteiger partial charge on any atom is -0.493 e. The maximum Gasteiger partial charge on any atom is 0.266 e. The third-order valence-corrected chi connectivity index (χ3v) is 3.89. The number of amides is 1. The van der Waals surface area contributed by atoms with E-state index in [2.05, 4.69) is 5.32 Å². The number of rotatable bonds is 6. The molecule has 0 spiro atoms. The van der Waals surface area contributed by atoms with Gasteiger partial charge in [-0.15, -0.1) is 0 Å². The first kappa shape index (κ1) is 19.6. The lowest BCUT2D eigenvalue weighted by Gasteiger charge is -2.11. The lowest BCUT2D eigenvalue weighted by atomic mass is 10.1. The molecule has 134 valence electrons. The fourth-order valence-corrected chi connectivity index (χ4v) is 2.56. The molecule has 5 nitrogen and oxygen atoms in total. The zero-order valence-corrected chi connectivity index (χ0v) is 15.7. The molecule has 0 aliphatic rings. The first-order valence-corrected chi connectivity index (χ1v) is 8.43. The van der Waals surface area contributed by atoms with Crippen LogP contribution in [0, 0.1) is 11.3 Å². The summed E-state index contributed by atoms with van der Waals surface area (Å²) in [4.78, 5) is 12.4. The average Bonchev–Trinajstić information content (AvgIpc) is 2.61. The van der Waals surface area contributed by atoms with Gasteiger partial charge in [-0.1, -0.05) is 29.3 Å². The third kappa shape index (κ3) is 4.92. The van der Waals surface area contributed by atoms with Gasteiger partial charge >= 0.3 is 0 Å². The summed E-state index contributed by atoms with van der Waals surface area (Å²) in [5.41, 5.74) is 0.840. The Bertz CT molecular complexity index is 889. The second-order valence-corrected chi connectivity index (χ2v) is 5.94. The number of hydrogen-bond donors (Lipinski definition) is 1. The summed E-state index contributed by atoms with van der Waals surface area (Å²) in [6, 6.07) is 11.7. The highest BCUT2D eigenvalue weighted by molar-refractivity contribution is 6.32. The Kier molecular flexibility index (Phi) is 6.90. The quantitative estimate of drug-likeness (QED) is 0.559.